The molecule has 1 aromatic carbocycles. The topological polar surface area (TPSA) is 72.8 Å². The zero-order valence-electron chi connectivity index (χ0n) is 24.9. The predicted octanol–water partition coefficient (Wildman–Crippen LogP) is 7.60. The molecule has 41 heavy (non-hydrogen) atoms. The lowest BCUT2D eigenvalue weighted by atomic mass is 9.67. The molecular formula is C34H48F2O5. The Kier molecular flexibility index (Phi) is 13.0. The number of esters is 2. The average molecular weight is 575 g/mol. The highest BCUT2D eigenvalue weighted by Gasteiger charge is 2.35. The predicted molar refractivity (Wildman–Crippen MR) is 156 cm³/mol. The molecule has 0 aliphatic heterocycles. The van der Waals surface area contributed by atoms with E-state index in [-0.39, 0.29) is 36.5 Å². The summed E-state index contributed by atoms with van der Waals surface area (Å²) >= 11 is 0. The number of hydrogen-bond donors (Lipinski definition) is 1. The molecule has 0 saturated heterocycles. The summed E-state index contributed by atoms with van der Waals surface area (Å²) in [6.45, 7) is 10.6. The highest BCUT2D eigenvalue weighted by molar-refractivity contribution is 5.88. The van der Waals surface area contributed by atoms with Crippen molar-refractivity contribution in [2.24, 2.45) is 23.7 Å². The number of aryl methyl sites for hydroxylation is 1. The van der Waals surface area contributed by atoms with E-state index in [0.717, 1.165) is 70.6 Å². The molecule has 1 atom stereocenters. The molecule has 7 heteroatoms. The van der Waals surface area contributed by atoms with Gasteiger partial charge in [0.25, 0.3) is 0 Å². The van der Waals surface area contributed by atoms with Crippen LogP contribution in [0.3, 0.4) is 0 Å². The Morgan fingerprint density at radius 1 is 0.902 bits per heavy atom. The molecule has 3 rings (SSSR count). The number of benzene rings is 1. The molecule has 0 spiro atoms. The van der Waals surface area contributed by atoms with E-state index in [4.69, 9.17) is 14.6 Å². The Labute approximate surface area is 244 Å². The van der Waals surface area contributed by atoms with Crippen molar-refractivity contribution in [3.05, 3.63) is 59.2 Å². The van der Waals surface area contributed by atoms with Gasteiger partial charge in [-0.3, -0.25) is 0 Å². The number of carbonyl (C=O) groups excluding carboxylic acids is 2. The van der Waals surface area contributed by atoms with Crippen molar-refractivity contribution in [1.29, 1.82) is 0 Å². The molecule has 0 amide bonds. The van der Waals surface area contributed by atoms with Crippen molar-refractivity contribution >= 4 is 11.9 Å². The Balaban J connectivity index is 1.52. The lowest BCUT2D eigenvalue weighted by molar-refractivity contribution is -0.146. The van der Waals surface area contributed by atoms with Gasteiger partial charge in [-0.05, 0) is 106 Å². The van der Waals surface area contributed by atoms with Crippen LogP contribution in [0.4, 0.5) is 8.78 Å². The summed E-state index contributed by atoms with van der Waals surface area (Å²) in [7, 11) is 0. The van der Waals surface area contributed by atoms with Gasteiger partial charge in [0.1, 0.15) is 0 Å². The molecule has 5 nitrogen and oxygen atoms in total. The Bertz CT molecular complexity index is 1050. The minimum absolute atomic E-state index is 0.00692. The number of hydrogen-bond acceptors (Lipinski definition) is 5. The quantitative estimate of drug-likeness (QED) is 0.141. The van der Waals surface area contributed by atoms with Gasteiger partial charge in [-0.25, -0.2) is 18.4 Å². The zero-order chi connectivity index (χ0) is 29.9. The van der Waals surface area contributed by atoms with Crippen molar-refractivity contribution in [3.63, 3.8) is 0 Å². The van der Waals surface area contributed by atoms with E-state index in [1.807, 2.05) is 6.07 Å². The molecule has 0 aromatic heterocycles. The van der Waals surface area contributed by atoms with Crippen LogP contribution in [0.2, 0.25) is 0 Å². The number of unbranched alkanes of at least 4 members (excludes halogenated alkanes) is 2. The van der Waals surface area contributed by atoms with E-state index in [9.17, 15) is 14.0 Å². The second-order valence-corrected chi connectivity index (χ2v) is 12.2. The van der Waals surface area contributed by atoms with Gasteiger partial charge in [0.2, 0.25) is 0 Å². The van der Waals surface area contributed by atoms with E-state index >= 15 is 4.39 Å². The van der Waals surface area contributed by atoms with Crippen LogP contribution in [0.1, 0.15) is 102 Å². The highest BCUT2D eigenvalue weighted by Crippen LogP contribution is 2.45. The number of aliphatic hydroxyl groups excluding tert-OH is 1. The first-order valence-electron chi connectivity index (χ1n) is 15.4. The Hall–Kier alpha value is -2.54. The second-order valence-electron chi connectivity index (χ2n) is 12.2. The van der Waals surface area contributed by atoms with Gasteiger partial charge in [-0.1, -0.05) is 45.1 Å². The lowest BCUT2D eigenvalue weighted by Crippen LogP contribution is -2.33. The number of aliphatic hydroxyl groups is 1. The number of halogens is 2. The van der Waals surface area contributed by atoms with Gasteiger partial charge in [0.15, 0.2) is 11.6 Å². The molecule has 1 aromatic rings. The van der Waals surface area contributed by atoms with Crippen LogP contribution in [0.5, 0.6) is 0 Å². The summed E-state index contributed by atoms with van der Waals surface area (Å²) in [6.07, 6.45) is 11.3. The van der Waals surface area contributed by atoms with Crippen molar-refractivity contribution in [3.8, 4) is 0 Å². The largest absolute Gasteiger partial charge is 0.462 e. The maximum Gasteiger partial charge on any atom is 0.335 e. The Morgan fingerprint density at radius 3 is 2.05 bits per heavy atom. The fraction of sp³-hybridized carbons (Fsp3) is 0.647. The second kappa shape index (κ2) is 16.2. The zero-order valence-corrected chi connectivity index (χ0v) is 24.9. The van der Waals surface area contributed by atoms with Crippen LogP contribution in [-0.4, -0.2) is 36.9 Å². The molecular weight excluding hydrogens is 526 g/mol. The number of rotatable bonds is 14. The standard InChI is InChI=1S/C34H48F2O5/c1-5-6-7-8-28-17-18-30(32(36)31(28)35)27-15-13-25(14-16-27)24-9-11-26(12-10-24)29(20-40-33(38)22(2)3)21-41-34(39)23(4)19-37/h17-18,24-27,29,37H,2,4-16,19-21H2,1,3H3. The van der Waals surface area contributed by atoms with Crippen LogP contribution in [0.25, 0.3) is 0 Å². The van der Waals surface area contributed by atoms with Crippen LogP contribution in [-0.2, 0) is 25.5 Å². The van der Waals surface area contributed by atoms with E-state index in [0.29, 0.717) is 35.0 Å². The molecule has 2 aliphatic rings. The molecule has 2 saturated carbocycles. The normalized spacial score (nSPS) is 23.4. The van der Waals surface area contributed by atoms with Gasteiger partial charge in [-0.15, -0.1) is 0 Å². The van der Waals surface area contributed by atoms with Crippen molar-refractivity contribution in [1.82, 2.24) is 0 Å². The summed E-state index contributed by atoms with van der Waals surface area (Å²) < 4.78 is 40.6. The van der Waals surface area contributed by atoms with E-state index < -0.39 is 30.2 Å². The third-order valence-corrected chi connectivity index (χ3v) is 9.29. The summed E-state index contributed by atoms with van der Waals surface area (Å²) in [6, 6.07) is 3.61. The molecule has 0 radical (unpaired) electrons. The summed E-state index contributed by atoms with van der Waals surface area (Å²) in [5.74, 6) is -1.11. The van der Waals surface area contributed by atoms with Crippen molar-refractivity contribution in [2.45, 2.75) is 96.8 Å². The number of carbonyl (C=O) groups is 2. The average Bonchev–Trinajstić information content (AvgIpc) is 2.99. The molecule has 2 aliphatic carbocycles. The molecule has 2 fully saturated rings. The number of ether oxygens (including phenoxy) is 2. The van der Waals surface area contributed by atoms with E-state index in [2.05, 4.69) is 20.1 Å². The molecule has 228 valence electrons. The Morgan fingerprint density at radius 2 is 1.49 bits per heavy atom. The monoisotopic (exact) mass is 574 g/mol. The maximum absolute atomic E-state index is 15.0. The van der Waals surface area contributed by atoms with Gasteiger partial charge in [-0.2, -0.15) is 0 Å². The van der Waals surface area contributed by atoms with Crippen LogP contribution < -0.4 is 0 Å². The fourth-order valence-electron chi connectivity index (χ4n) is 6.64. The minimum Gasteiger partial charge on any atom is -0.462 e. The van der Waals surface area contributed by atoms with Crippen LogP contribution in [0.15, 0.2) is 36.4 Å². The van der Waals surface area contributed by atoms with Gasteiger partial charge >= 0.3 is 11.9 Å². The maximum atomic E-state index is 15.0. The summed E-state index contributed by atoms with van der Waals surface area (Å²) in [5, 5.41) is 9.15. The SMILES string of the molecule is C=C(C)C(=O)OCC(COC(=O)C(=C)CO)C1CCC(C2CCC(c3ccc(CCCCC)c(F)c3F)CC2)CC1. The van der Waals surface area contributed by atoms with Gasteiger partial charge in [0, 0.05) is 11.5 Å². The van der Waals surface area contributed by atoms with Crippen LogP contribution >= 0.6 is 0 Å². The minimum atomic E-state index is -0.658. The molecule has 0 heterocycles. The van der Waals surface area contributed by atoms with Crippen LogP contribution in [0, 0.1) is 35.3 Å². The fourth-order valence-corrected chi connectivity index (χ4v) is 6.64. The first-order chi connectivity index (χ1) is 19.7. The van der Waals surface area contributed by atoms with E-state index in [1.165, 1.54) is 0 Å². The smallest absolute Gasteiger partial charge is 0.335 e. The van der Waals surface area contributed by atoms with E-state index in [1.54, 1.807) is 13.0 Å². The highest BCUT2D eigenvalue weighted by atomic mass is 19.2. The summed E-state index contributed by atoms with van der Waals surface area (Å²) in [4.78, 5) is 24.1. The molecule has 1 N–H and O–H groups in total. The van der Waals surface area contributed by atoms with Gasteiger partial charge in [0.05, 0.1) is 25.4 Å². The first-order valence-corrected chi connectivity index (χ1v) is 15.4. The first kappa shape index (κ1) is 33.0. The summed E-state index contributed by atoms with van der Waals surface area (Å²) in [5.41, 5.74) is 1.34. The van der Waals surface area contributed by atoms with Gasteiger partial charge < -0.3 is 14.6 Å². The van der Waals surface area contributed by atoms with Crippen molar-refractivity contribution in [2.75, 3.05) is 19.8 Å². The van der Waals surface area contributed by atoms with Crippen molar-refractivity contribution < 1.29 is 33.0 Å². The third-order valence-electron chi connectivity index (χ3n) is 9.29. The lowest BCUT2D eigenvalue weighted by Gasteiger charge is -2.39. The molecule has 0 bridgehead atoms. The molecule has 1 unspecified atom stereocenters. The third kappa shape index (κ3) is 9.22.